The van der Waals surface area contributed by atoms with Gasteiger partial charge < -0.3 is 19.7 Å². The average Bonchev–Trinajstić information content (AvgIpc) is 2.98. The summed E-state index contributed by atoms with van der Waals surface area (Å²) < 4.78 is 50.9. The van der Waals surface area contributed by atoms with E-state index in [0.29, 0.717) is 23.4 Å². The molecule has 2 aliphatic rings. The largest absolute Gasteiger partial charge is 0.454 e. The normalized spacial score (nSPS) is 18.2. The van der Waals surface area contributed by atoms with E-state index in [1.165, 1.54) is 18.9 Å². The molecule has 30 heavy (non-hydrogen) atoms. The zero-order chi connectivity index (χ0) is 20.6. The number of aromatic nitrogens is 2. The smallest absolute Gasteiger partial charge is 0.451 e. The zero-order valence-corrected chi connectivity index (χ0v) is 17.8. The number of nitrogens with zero attached hydrogens (tertiary/aromatic N) is 3. The van der Waals surface area contributed by atoms with Gasteiger partial charge in [0.15, 0.2) is 11.5 Å². The molecule has 2 aromatic rings. The summed E-state index contributed by atoms with van der Waals surface area (Å²) >= 11 is 0. The quantitative estimate of drug-likeness (QED) is 0.676. The second kappa shape index (κ2) is 8.63. The molecule has 1 aliphatic carbocycles. The van der Waals surface area contributed by atoms with Gasteiger partial charge in [0.2, 0.25) is 12.6 Å². The number of hydrogen-bond donors (Lipinski definition) is 1. The van der Waals surface area contributed by atoms with Crippen molar-refractivity contribution in [2.45, 2.75) is 50.2 Å². The predicted octanol–water partition coefficient (Wildman–Crippen LogP) is 4.87. The number of halogens is 4. The molecule has 0 radical (unpaired) electrons. The molecule has 1 aromatic carbocycles. The summed E-state index contributed by atoms with van der Waals surface area (Å²) in [5.41, 5.74) is 0.0570. The lowest BCUT2D eigenvalue weighted by Gasteiger charge is -2.40. The van der Waals surface area contributed by atoms with E-state index >= 15 is 0 Å². The van der Waals surface area contributed by atoms with Crippen LogP contribution in [0.2, 0.25) is 0 Å². The number of alkyl halides is 3. The molecule has 0 saturated heterocycles. The molecule has 1 N–H and O–H groups in total. The molecule has 6 nitrogen and oxygen atoms in total. The standard InChI is InChI=1S/C20H25F3N4O2.ClH/c1-27(2)19(7-5-3-4-6-8-19)11-24-17-13-9-15-16(29-12-28-15)10-14(13)25-18(26-17)20(21,22)23;/h9-10H,3-8,11-12H2,1-2H3,(H,24,25,26);1H. The highest BCUT2D eigenvalue weighted by Gasteiger charge is 2.37. The number of rotatable bonds is 4. The molecule has 10 heteroatoms. The maximum Gasteiger partial charge on any atom is 0.451 e. The van der Waals surface area contributed by atoms with Crippen LogP contribution in [0.5, 0.6) is 11.5 Å². The Morgan fingerprint density at radius 1 is 1.03 bits per heavy atom. The molecular formula is C20H26ClF3N4O2. The van der Waals surface area contributed by atoms with Crippen LogP contribution in [0, 0.1) is 0 Å². The van der Waals surface area contributed by atoms with Gasteiger partial charge in [-0.25, -0.2) is 9.97 Å². The number of ether oxygens (including phenoxy) is 2. The number of anilines is 1. The van der Waals surface area contributed by atoms with Gasteiger partial charge in [0.1, 0.15) is 5.82 Å². The SMILES string of the molecule is CN(C)C1(CNc2nc(C(F)(F)F)nc3cc4c(cc23)OCO4)CCCCCC1.Cl. The van der Waals surface area contributed by atoms with Crippen LogP contribution in [0.25, 0.3) is 10.9 Å². The lowest BCUT2D eigenvalue weighted by Crippen LogP contribution is -2.49. The fourth-order valence-corrected chi connectivity index (χ4v) is 4.20. The molecule has 0 atom stereocenters. The number of benzene rings is 1. The number of nitrogens with one attached hydrogen (secondary N) is 1. The first-order valence-corrected chi connectivity index (χ1v) is 9.88. The van der Waals surface area contributed by atoms with Crippen molar-refractivity contribution in [3.05, 3.63) is 18.0 Å². The van der Waals surface area contributed by atoms with E-state index in [9.17, 15) is 13.2 Å². The molecule has 2 heterocycles. The summed E-state index contributed by atoms with van der Waals surface area (Å²) in [6, 6.07) is 3.13. The summed E-state index contributed by atoms with van der Waals surface area (Å²) in [4.78, 5) is 9.75. The maximum absolute atomic E-state index is 13.4. The Morgan fingerprint density at radius 2 is 1.67 bits per heavy atom. The van der Waals surface area contributed by atoms with Crippen LogP contribution in [0.1, 0.15) is 44.3 Å². The van der Waals surface area contributed by atoms with Gasteiger partial charge in [-0.3, -0.25) is 0 Å². The predicted molar refractivity (Wildman–Crippen MR) is 111 cm³/mol. The Balaban J connectivity index is 0.00000256. The van der Waals surface area contributed by atoms with Crippen molar-refractivity contribution in [2.24, 2.45) is 0 Å². The van der Waals surface area contributed by atoms with Crippen LogP contribution in [0.3, 0.4) is 0 Å². The van der Waals surface area contributed by atoms with Gasteiger partial charge in [-0.15, -0.1) is 12.4 Å². The molecule has 0 spiro atoms. The van der Waals surface area contributed by atoms with Gasteiger partial charge in [-0.1, -0.05) is 25.7 Å². The first-order chi connectivity index (χ1) is 13.8. The number of fused-ring (bicyclic) bond motifs is 2. The summed E-state index contributed by atoms with van der Waals surface area (Å²) in [7, 11) is 4.06. The zero-order valence-electron chi connectivity index (χ0n) is 17.0. The maximum atomic E-state index is 13.4. The van der Waals surface area contributed by atoms with Gasteiger partial charge >= 0.3 is 6.18 Å². The van der Waals surface area contributed by atoms with Crippen molar-refractivity contribution < 1.29 is 22.6 Å². The summed E-state index contributed by atoms with van der Waals surface area (Å²) in [6.07, 6.45) is 1.95. The van der Waals surface area contributed by atoms with Crippen molar-refractivity contribution in [2.75, 3.05) is 32.7 Å². The Kier molecular flexibility index (Phi) is 6.52. The lowest BCUT2D eigenvalue weighted by molar-refractivity contribution is -0.144. The summed E-state index contributed by atoms with van der Waals surface area (Å²) in [5, 5.41) is 3.71. The molecule has 1 aliphatic heterocycles. The van der Waals surface area contributed by atoms with Crippen LogP contribution in [-0.2, 0) is 6.18 Å². The van der Waals surface area contributed by atoms with Crippen molar-refractivity contribution in [3.63, 3.8) is 0 Å². The molecule has 1 saturated carbocycles. The monoisotopic (exact) mass is 446 g/mol. The molecule has 1 aromatic heterocycles. The third-order valence-electron chi connectivity index (χ3n) is 6.01. The van der Waals surface area contributed by atoms with Crippen molar-refractivity contribution in [1.82, 2.24) is 14.9 Å². The lowest BCUT2D eigenvalue weighted by atomic mass is 9.88. The van der Waals surface area contributed by atoms with E-state index in [0.717, 1.165) is 25.7 Å². The molecule has 0 amide bonds. The Labute approximate surface area is 179 Å². The first-order valence-electron chi connectivity index (χ1n) is 9.88. The van der Waals surface area contributed by atoms with Crippen LogP contribution < -0.4 is 14.8 Å². The van der Waals surface area contributed by atoms with Crippen LogP contribution >= 0.6 is 12.4 Å². The van der Waals surface area contributed by atoms with E-state index in [2.05, 4.69) is 20.2 Å². The van der Waals surface area contributed by atoms with Crippen LogP contribution in [0.4, 0.5) is 19.0 Å². The third kappa shape index (κ3) is 4.37. The van der Waals surface area contributed by atoms with Gasteiger partial charge in [-0.2, -0.15) is 13.2 Å². The van der Waals surface area contributed by atoms with Crippen molar-refractivity contribution in [3.8, 4) is 11.5 Å². The summed E-state index contributed by atoms with van der Waals surface area (Å²) in [5.74, 6) is -0.110. The number of hydrogen-bond acceptors (Lipinski definition) is 6. The fraction of sp³-hybridized carbons (Fsp3) is 0.600. The van der Waals surface area contributed by atoms with E-state index in [1.54, 1.807) is 6.07 Å². The third-order valence-corrected chi connectivity index (χ3v) is 6.01. The van der Waals surface area contributed by atoms with Crippen molar-refractivity contribution in [1.29, 1.82) is 0 Å². The minimum atomic E-state index is -4.64. The average molecular weight is 447 g/mol. The van der Waals surface area contributed by atoms with Crippen LogP contribution in [-0.4, -0.2) is 47.8 Å². The molecule has 1 fully saturated rings. The second-order valence-electron chi connectivity index (χ2n) is 8.00. The minimum absolute atomic E-state index is 0. The van der Waals surface area contributed by atoms with E-state index in [4.69, 9.17) is 9.47 Å². The van der Waals surface area contributed by atoms with Crippen molar-refractivity contribution >= 4 is 29.1 Å². The molecule has 0 unspecified atom stereocenters. The topological polar surface area (TPSA) is 59.5 Å². The fourth-order valence-electron chi connectivity index (χ4n) is 4.20. The number of likely N-dealkylation sites (N-methyl/N-ethyl adjacent to an activating group) is 1. The van der Waals surface area contributed by atoms with E-state index in [1.807, 2.05) is 14.1 Å². The van der Waals surface area contributed by atoms with Gasteiger partial charge in [0.05, 0.1) is 5.52 Å². The molecular weight excluding hydrogens is 421 g/mol. The molecule has 4 rings (SSSR count). The second-order valence-corrected chi connectivity index (χ2v) is 8.00. The Hall–Kier alpha value is -2.00. The van der Waals surface area contributed by atoms with Gasteiger partial charge in [-0.05, 0) is 33.0 Å². The highest BCUT2D eigenvalue weighted by Crippen LogP contribution is 2.39. The minimum Gasteiger partial charge on any atom is -0.454 e. The highest BCUT2D eigenvalue weighted by molar-refractivity contribution is 5.92. The Bertz CT molecular complexity index is 900. The highest BCUT2D eigenvalue weighted by atomic mass is 35.5. The van der Waals surface area contributed by atoms with E-state index in [-0.39, 0.29) is 36.1 Å². The summed E-state index contributed by atoms with van der Waals surface area (Å²) in [6.45, 7) is 0.551. The first kappa shape index (κ1) is 22.7. The van der Waals surface area contributed by atoms with E-state index < -0.39 is 12.0 Å². The Morgan fingerprint density at radius 3 is 2.27 bits per heavy atom. The molecule has 166 valence electrons. The van der Waals surface area contributed by atoms with Gasteiger partial charge in [0, 0.05) is 23.5 Å². The van der Waals surface area contributed by atoms with Gasteiger partial charge in [0.25, 0.3) is 0 Å². The van der Waals surface area contributed by atoms with Crippen LogP contribution in [0.15, 0.2) is 12.1 Å². The molecule has 0 bridgehead atoms.